The number of nitrogens with zero attached hydrogens (tertiary/aromatic N) is 3. The van der Waals surface area contributed by atoms with Crippen LogP contribution in [0.5, 0.6) is 0 Å². The van der Waals surface area contributed by atoms with Crippen LogP contribution in [-0.4, -0.2) is 29.0 Å². The number of nitrogens with one attached hydrogen (secondary N) is 2. The molecule has 0 atom stereocenters. The van der Waals surface area contributed by atoms with E-state index in [4.69, 9.17) is 4.98 Å². The molecule has 3 aromatic carbocycles. The molecule has 6 nitrogen and oxygen atoms in total. The van der Waals surface area contributed by atoms with Gasteiger partial charge in [-0.25, -0.2) is 4.98 Å². The molecule has 1 saturated heterocycles. The average molecular weight is 464 g/mol. The topological polar surface area (TPSA) is 70.2 Å². The van der Waals surface area contributed by atoms with Gasteiger partial charge in [0.2, 0.25) is 5.95 Å². The minimum absolute atomic E-state index is 0.140. The smallest absolute Gasteiger partial charge is 0.255 e. The lowest BCUT2D eigenvalue weighted by molar-refractivity contribution is 0.102. The number of carbonyl (C=O) groups excluding carboxylic acids is 1. The molecule has 0 spiro atoms. The summed E-state index contributed by atoms with van der Waals surface area (Å²) in [6.45, 7) is 4.07. The minimum atomic E-state index is -0.140. The average Bonchev–Trinajstić information content (AvgIpc) is 2.90. The monoisotopic (exact) mass is 463 g/mol. The molecule has 1 aromatic heterocycles. The van der Waals surface area contributed by atoms with Crippen LogP contribution < -0.4 is 15.5 Å². The first-order chi connectivity index (χ1) is 17.1. The summed E-state index contributed by atoms with van der Waals surface area (Å²) in [5.41, 5.74) is 5.36. The summed E-state index contributed by atoms with van der Waals surface area (Å²) in [4.78, 5) is 24.3. The van der Waals surface area contributed by atoms with Crippen molar-refractivity contribution < 1.29 is 4.79 Å². The largest absolute Gasteiger partial charge is 0.356 e. The first-order valence-corrected chi connectivity index (χ1v) is 12.1. The van der Waals surface area contributed by atoms with Crippen molar-refractivity contribution in [2.24, 2.45) is 0 Å². The Bertz CT molecular complexity index is 1280. The molecular formula is C29H29N5O. The first kappa shape index (κ1) is 22.6. The van der Waals surface area contributed by atoms with Crippen LogP contribution in [0.4, 0.5) is 23.1 Å². The Morgan fingerprint density at radius 2 is 1.43 bits per heavy atom. The van der Waals surface area contributed by atoms with Crippen molar-refractivity contribution in [3.8, 4) is 11.1 Å². The number of aryl methyl sites for hydroxylation is 1. The number of hydrogen-bond donors (Lipinski definition) is 2. The fourth-order valence-electron chi connectivity index (χ4n) is 4.31. The van der Waals surface area contributed by atoms with E-state index in [9.17, 15) is 4.79 Å². The van der Waals surface area contributed by atoms with Crippen LogP contribution in [0.15, 0.2) is 84.9 Å². The predicted octanol–water partition coefficient (Wildman–Crippen LogP) is 6.44. The molecule has 176 valence electrons. The lowest BCUT2D eigenvalue weighted by Crippen LogP contribution is -2.30. The molecule has 0 unspecified atom stereocenters. The summed E-state index contributed by atoms with van der Waals surface area (Å²) >= 11 is 0. The van der Waals surface area contributed by atoms with Gasteiger partial charge in [-0.05, 0) is 73.7 Å². The highest BCUT2D eigenvalue weighted by molar-refractivity contribution is 6.04. The lowest BCUT2D eigenvalue weighted by atomic mass is 10.0. The molecule has 35 heavy (non-hydrogen) atoms. The molecule has 0 radical (unpaired) electrons. The van der Waals surface area contributed by atoms with Gasteiger partial charge in [-0.1, -0.05) is 42.5 Å². The van der Waals surface area contributed by atoms with Gasteiger partial charge in [0.15, 0.2) is 0 Å². The summed E-state index contributed by atoms with van der Waals surface area (Å²) in [5, 5.41) is 6.26. The quantitative estimate of drug-likeness (QED) is 0.344. The second-order valence-corrected chi connectivity index (χ2v) is 8.84. The van der Waals surface area contributed by atoms with E-state index in [0.29, 0.717) is 11.5 Å². The van der Waals surface area contributed by atoms with Gasteiger partial charge in [0.05, 0.1) is 0 Å². The summed E-state index contributed by atoms with van der Waals surface area (Å²) in [5.74, 6) is 1.42. The number of rotatable bonds is 6. The number of anilines is 4. The van der Waals surface area contributed by atoms with Crippen LogP contribution in [0.3, 0.4) is 0 Å². The van der Waals surface area contributed by atoms with Crippen LogP contribution in [0.25, 0.3) is 11.1 Å². The molecule has 1 amide bonds. The zero-order valence-electron chi connectivity index (χ0n) is 19.9. The van der Waals surface area contributed by atoms with Crippen molar-refractivity contribution in [1.82, 2.24) is 9.97 Å². The van der Waals surface area contributed by atoms with Crippen molar-refractivity contribution in [3.05, 3.63) is 96.2 Å². The highest BCUT2D eigenvalue weighted by atomic mass is 16.1. The third kappa shape index (κ3) is 5.66. The molecule has 1 aliphatic rings. The molecule has 4 aromatic rings. The van der Waals surface area contributed by atoms with E-state index in [2.05, 4.69) is 32.7 Å². The first-order valence-electron chi connectivity index (χ1n) is 12.1. The third-order valence-electron chi connectivity index (χ3n) is 6.17. The van der Waals surface area contributed by atoms with Gasteiger partial charge in [0.25, 0.3) is 5.91 Å². The van der Waals surface area contributed by atoms with Gasteiger partial charge >= 0.3 is 0 Å². The van der Waals surface area contributed by atoms with Gasteiger partial charge in [-0.2, -0.15) is 4.98 Å². The second-order valence-electron chi connectivity index (χ2n) is 8.84. The molecule has 1 fully saturated rings. The van der Waals surface area contributed by atoms with E-state index in [0.717, 1.165) is 47.1 Å². The SMILES string of the molecule is Cc1cc(N2CCCCC2)nc(Nc2ccc(NC(=O)c3ccc(-c4ccccc4)cc3)cc2)n1. The van der Waals surface area contributed by atoms with E-state index in [1.807, 2.05) is 79.7 Å². The van der Waals surface area contributed by atoms with Crippen molar-refractivity contribution in [3.63, 3.8) is 0 Å². The molecule has 1 aliphatic heterocycles. The summed E-state index contributed by atoms with van der Waals surface area (Å²) < 4.78 is 0. The molecule has 2 heterocycles. The van der Waals surface area contributed by atoms with E-state index >= 15 is 0 Å². The highest BCUT2D eigenvalue weighted by Gasteiger charge is 2.14. The van der Waals surface area contributed by atoms with Crippen molar-refractivity contribution in [1.29, 1.82) is 0 Å². The van der Waals surface area contributed by atoms with Crippen LogP contribution in [0.1, 0.15) is 35.3 Å². The molecule has 0 saturated carbocycles. The van der Waals surface area contributed by atoms with Crippen LogP contribution in [-0.2, 0) is 0 Å². The zero-order chi connectivity index (χ0) is 24.0. The van der Waals surface area contributed by atoms with Gasteiger partial charge in [-0.15, -0.1) is 0 Å². The van der Waals surface area contributed by atoms with E-state index in [1.165, 1.54) is 19.3 Å². The number of aromatic nitrogens is 2. The Hall–Kier alpha value is -4.19. The van der Waals surface area contributed by atoms with E-state index < -0.39 is 0 Å². The Morgan fingerprint density at radius 3 is 2.14 bits per heavy atom. The van der Waals surface area contributed by atoms with Gasteiger partial charge in [0.1, 0.15) is 5.82 Å². The number of carbonyl (C=O) groups is 1. The van der Waals surface area contributed by atoms with Crippen LogP contribution in [0.2, 0.25) is 0 Å². The maximum absolute atomic E-state index is 12.7. The predicted molar refractivity (Wildman–Crippen MR) is 142 cm³/mol. The van der Waals surface area contributed by atoms with E-state index in [-0.39, 0.29) is 5.91 Å². The van der Waals surface area contributed by atoms with Gasteiger partial charge < -0.3 is 15.5 Å². The molecule has 2 N–H and O–H groups in total. The van der Waals surface area contributed by atoms with Crippen molar-refractivity contribution in [2.45, 2.75) is 26.2 Å². The van der Waals surface area contributed by atoms with Crippen LogP contribution in [0, 0.1) is 6.92 Å². The molecule has 0 bridgehead atoms. The summed E-state index contributed by atoms with van der Waals surface area (Å²) in [6.07, 6.45) is 3.69. The van der Waals surface area contributed by atoms with Gasteiger partial charge in [-0.3, -0.25) is 4.79 Å². The Labute approximate surface area is 206 Å². The minimum Gasteiger partial charge on any atom is -0.356 e. The molecule has 0 aliphatic carbocycles. The maximum atomic E-state index is 12.7. The normalized spacial score (nSPS) is 13.3. The summed E-state index contributed by atoms with van der Waals surface area (Å²) in [7, 11) is 0. The fourth-order valence-corrected chi connectivity index (χ4v) is 4.31. The molecule has 5 rings (SSSR count). The Balaban J connectivity index is 1.22. The Morgan fingerprint density at radius 1 is 0.771 bits per heavy atom. The lowest BCUT2D eigenvalue weighted by Gasteiger charge is -2.28. The number of amides is 1. The van der Waals surface area contributed by atoms with E-state index in [1.54, 1.807) is 0 Å². The zero-order valence-corrected chi connectivity index (χ0v) is 19.9. The fraction of sp³-hybridized carbons (Fsp3) is 0.207. The number of hydrogen-bond acceptors (Lipinski definition) is 5. The standard InChI is InChI=1S/C29H29N5O/c1-21-20-27(34-18-6-3-7-19-34)33-29(30-21)32-26-16-14-25(15-17-26)31-28(35)24-12-10-23(11-13-24)22-8-4-2-5-9-22/h2,4-5,8-17,20H,3,6-7,18-19H2,1H3,(H,31,35)(H,30,32,33). The maximum Gasteiger partial charge on any atom is 0.255 e. The number of piperidine rings is 1. The summed E-state index contributed by atoms with van der Waals surface area (Å²) in [6, 6.07) is 27.4. The Kier molecular flexibility index (Phi) is 6.70. The highest BCUT2D eigenvalue weighted by Crippen LogP contribution is 2.23. The number of benzene rings is 3. The van der Waals surface area contributed by atoms with Crippen molar-refractivity contribution >= 4 is 29.0 Å². The third-order valence-corrected chi connectivity index (χ3v) is 6.17. The van der Waals surface area contributed by atoms with Crippen molar-refractivity contribution in [2.75, 3.05) is 28.6 Å². The molecule has 6 heteroatoms. The second kappa shape index (κ2) is 10.4. The van der Waals surface area contributed by atoms with Crippen LogP contribution >= 0.6 is 0 Å². The molecular weight excluding hydrogens is 434 g/mol. The van der Waals surface area contributed by atoms with Gasteiger partial charge in [0, 0.05) is 41.8 Å².